The number of rotatable bonds is 4. The summed E-state index contributed by atoms with van der Waals surface area (Å²) in [6, 6.07) is 2.46. The van der Waals surface area contributed by atoms with Gasteiger partial charge >= 0.3 is 0 Å². The fourth-order valence-corrected chi connectivity index (χ4v) is 7.11. The van der Waals surface area contributed by atoms with Gasteiger partial charge in [0.1, 0.15) is 22.8 Å². The van der Waals surface area contributed by atoms with Crippen LogP contribution in [0, 0.1) is 17.8 Å². The number of hydrogen-bond donors (Lipinski definition) is 5. The number of aliphatic hydroxyl groups excluding tert-OH is 2. The number of nitrogens with zero attached hydrogens (tertiary/aromatic N) is 1. The molecule has 6 atom stereocenters. The van der Waals surface area contributed by atoms with E-state index in [2.05, 4.69) is 6.58 Å². The average molecular weight is 539 g/mol. The molecule has 1 aromatic rings. The molecule has 39 heavy (non-hydrogen) atoms. The van der Waals surface area contributed by atoms with Gasteiger partial charge in [-0.2, -0.15) is 0 Å². The number of hydrogen-bond acceptors (Lipinski definition) is 8. The number of phenols is 1. The molecule has 3 aliphatic carbocycles. The highest BCUT2D eigenvalue weighted by Gasteiger charge is 2.68. The third-order valence-electron chi connectivity index (χ3n) is 8.71. The van der Waals surface area contributed by atoms with E-state index in [1.165, 1.54) is 4.90 Å². The van der Waals surface area contributed by atoms with E-state index in [1.54, 1.807) is 27.1 Å². The van der Waals surface area contributed by atoms with E-state index < -0.39 is 75.3 Å². The summed E-state index contributed by atoms with van der Waals surface area (Å²) in [7, 11) is 3.17. The average Bonchev–Trinajstić information content (AvgIpc) is 2.79. The molecule has 0 saturated heterocycles. The summed E-state index contributed by atoms with van der Waals surface area (Å²) in [5.74, 6) is -7.81. The topological polar surface area (TPSA) is 161 Å². The molecule has 1 aromatic carbocycles. The van der Waals surface area contributed by atoms with Crippen LogP contribution < -0.4 is 5.73 Å². The van der Waals surface area contributed by atoms with Crippen molar-refractivity contribution in [3.05, 3.63) is 57.9 Å². The van der Waals surface area contributed by atoms with Crippen molar-refractivity contribution in [2.75, 3.05) is 14.1 Å². The van der Waals surface area contributed by atoms with E-state index in [4.69, 9.17) is 5.73 Å². The normalized spacial score (nSPS) is 30.7. The number of benzene rings is 1. The maximum absolute atomic E-state index is 14.3. The Morgan fingerprint density at radius 2 is 1.74 bits per heavy atom. The summed E-state index contributed by atoms with van der Waals surface area (Å²) in [6.07, 6.45) is 0.254. The molecule has 9 nitrogen and oxygen atoms in total. The van der Waals surface area contributed by atoms with E-state index >= 15 is 0 Å². The lowest BCUT2D eigenvalue weighted by Gasteiger charge is -2.55. The predicted octanol–water partition coefficient (Wildman–Crippen LogP) is 3.01. The van der Waals surface area contributed by atoms with Gasteiger partial charge in [-0.25, -0.2) is 0 Å². The lowest BCUT2D eigenvalue weighted by Crippen LogP contribution is -2.68. The molecule has 6 N–H and O–H groups in total. The first-order valence-electron chi connectivity index (χ1n) is 13.0. The Labute approximate surface area is 228 Å². The summed E-state index contributed by atoms with van der Waals surface area (Å²) in [5.41, 5.74) is 3.23. The Balaban J connectivity index is 2.13. The van der Waals surface area contributed by atoms with E-state index in [0.29, 0.717) is 16.7 Å². The molecule has 3 aliphatic rings. The smallest absolute Gasteiger partial charge is 0.255 e. The third kappa shape index (κ3) is 3.85. The van der Waals surface area contributed by atoms with Crippen LogP contribution in [0.4, 0.5) is 0 Å². The lowest BCUT2D eigenvalue weighted by molar-refractivity contribution is -0.161. The van der Waals surface area contributed by atoms with Crippen LogP contribution in [0.25, 0.3) is 5.76 Å². The van der Waals surface area contributed by atoms with E-state index in [-0.39, 0.29) is 23.3 Å². The van der Waals surface area contributed by atoms with Crippen LogP contribution in [-0.4, -0.2) is 68.5 Å². The number of aliphatic hydroxyl groups is 3. The molecule has 0 bridgehead atoms. The highest BCUT2D eigenvalue weighted by molar-refractivity contribution is 6.24. The molecule has 0 aliphatic heterocycles. The molecule has 0 aromatic heterocycles. The van der Waals surface area contributed by atoms with Gasteiger partial charge < -0.3 is 26.2 Å². The van der Waals surface area contributed by atoms with Gasteiger partial charge in [-0.05, 0) is 50.3 Å². The van der Waals surface area contributed by atoms with Gasteiger partial charge in [0.25, 0.3) is 5.91 Å². The molecule has 0 heterocycles. The Kier molecular flexibility index (Phi) is 6.64. The van der Waals surface area contributed by atoms with Crippen molar-refractivity contribution in [3.8, 4) is 5.75 Å². The van der Waals surface area contributed by atoms with Crippen molar-refractivity contribution in [1.29, 1.82) is 0 Å². The zero-order valence-electron chi connectivity index (χ0n) is 23.5. The molecule has 1 amide bonds. The molecule has 4 rings (SSSR count). The van der Waals surface area contributed by atoms with Crippen molar-refractivity contribution in [2.24, 2.45) is 23.5 Å². The third-order valence-corrected chi connectivity index (χ3v) is 8.71. The van der Waals surface area contributed by atoms with E-state index in [1.807, 2.05) is 33.8 Å². The standard InChI is InChI=1S/C30H38N2O7/c1-12(2)11-15-17-13(3)14-9-10-16(29(4,5)6)23(33)18(14)24(34)19(17)26(36)30(39)21(15)22(32(7)8)25(35)20(27(30)37)28(31)38/h9-10,13,15,17,21-22,33-34,37,39H,1,11H2,2-8H3,(H2,31,38)/t13-,15-,17-,21-,22?,30-/m0/s1. The number of carbonyl (C=O) groups excluding carboxylic acids is 3. The van der Waals surface area contributed by atoms with Crippen molar-refractivity contribution < 1.29 is 34.8 Å². The van der Waals surface area contributed by atoms with Crippen LogP contribution in [-0.2, 0) is 19.8 Å². The first kappa shape index (κ1) is 28.6. The Bertz CT molecular complexity index is 1380. The van der Waals surface area contributed by atoms with Gasteiger partial charge in [0.05, 0.1) is 11.6 Å². The number of nitrogens with two attached hydrogens (primary N) is 1. The lowest BCUT2D eigenvalue weighted by atomic mass is 9.50. The van der Waals surface area contributed by atoms with Crippen LogP contribution in [0.3, 0.4) is 0 Å². The zero-order valence-corrected chi connectivity index (χ0v) is 23.5. The molecule has 0 spiro atoms. The highest BCUT2D eigenvalue weighted by atomic mass is 16.3. The quantitative estimate of drug-likeness (QED) is 0.289. The number of carbonyl (C=O) groups is 3. The van der Waals surface area contributed by atoms with Crippen LogP contribution in [0.2, 0.25) is 0 Å². The first-order valence-corrected chi connectivity index (χ1v) is 13.0. The SMILES string of the molecule is C=C(C)C[C@H]1[C@H]2C(=C(O)c3c(ccc(C(C)(C)C)c3O)[C@@H]2C)C(=O)[C@]2(O)C(O)=C(C(N)=O)C(=O)C(N(C)C)[C@H]12. The van der Waals surface area contributed by atoms with Gasteiger partial charge in [-0.1, -0.05) is 45.4 Å². The van der Waals surface area contributed by atoms with Crippen LogP contribution in [0.5, 0.6) is 5.75 Å². The fourth-order valence-electron chi connectivity index (χ4n) is 7.11. The number of aromatic hydroxyl groups is 1. The number of amides is 1. The first-order chi connectivity index (χ1) is 17.9. The number of fused-ring (bicyclic) bond motifs is 3. The highest BCUT2D eigenvalue weighted by Crippen LogP contribution is 2.60. The summed E-state index contributed by atoms with van der Waals surface area (Å²) in [5, 5.41) is 46.3. The molecule has 1 saturated carbocycles. The van der Waals surface area contributed by atoms with Crippen molar-refractivity contribution in [2.45, 2.75) is 64.0 Å². The van der Waals surface area contributed by atoms with Gasteiger partial charge in [0, 0.05) is 23.0 Å². The predicted molar refractivity (Wildman–Crippen MR) is 146 cm³/mol. The molecular formula is C30H38N2O7. The summed E-state index contributed by atoms with van der Waals surface area (Å²) in [4.78, 5) is 41.6. The molecule has 0 radical (unpaired) electrons. The largest absolute Gasteiger partial charge is 0.508 e. The monoisotopic (exact) mass is 538 g/mol. The minimum Gasteiger partial charge on any atom is -0.508 e. The number of allylic oxidation sites excluding steroid dienone is 1. The second kappa shape index (κ2) is 9.06. The van der Waals surface area contributed by atoms with Gasteiger partial charge in [0.15, 0.2) is 11.4 Å². The van der Waals surface area contributed by atoms with Crippen LogP contribution in [0.15, 0.2) is 41.2 Å². The minimum atomic E-state index is -2.72. The molecule has 9 heteroatoms. The number of likely N-dealkylation sites (N-methyl/N-ethyl adjacent to an activating group) is 1. The van der Waals surface area contributed by atoms with Crippen molar-refractivity contribution in [3.63, 3.8) is 0 Å². The Hall–Kier alpha value is -3.43. The zero-order chi connectivity index (χ0) is 29.5. The second-order valence-electron chi connectivity index (χ2n) is 12.6. The van der Waals surface area contributed by atoms with E-state index in [0.717, 1.165) is 0 Å². The molecule has 210 valence electrons. The van der Waals surface area contributed by atoms with Gasteiger partial charge in [0.2, 0.25) is 5.78 Å². The van der Waals surface area contributed by atoms with Crippen molar-refractivity contribution >= 4 is 23.2 Å². The van der Waals surface area contributed by atoms with E-state index in [9.17, 15) is 34.8 Å². The Morgan fingerprint density at radius 3 is 2.23 bits per heavy atom. The minimum absolute atomic E-state index is 0.0975. The number of ketones is 2. The molecular weight excluding hydrogens is 500 g/mol. The van der Waals surface area contributed by atoms with Crippen LogP contribution in [0.1, 0.15) is 63.6 Å². The summed E-state index contributed by atoms with van der Waals surface area (Å²) in [6.45, 7) is 13.4. The molecule has 1 fully saturated rings. The Morgan fingerprint density at radius 1 is 1.15 bits per heavy atom. The van der Waals surface area contributed by atoms with Gasteiger partial charge in [-0.3, -0.25) is 19.3 Å². The van der Waals surface area contributed by atoms with Gasteiger partial charge in [-0.15, -0.1) is 6.58 Å². The second-order valence-corrected chi connectivity index (χ2v) is 12.6. The maximum Gasteiger partial charge on any atom is 0.255 e. The summed E-state index contributed by atoms with van der Waals surface area (Å²) < 4.78 is 0. The fraction of sp³-hybridized carbons (Fsp3) is 0.500. The number of primary amides is 1. The maximum atomic E-state index is 14.3. The molecule has 1 unspecified atom stereocenters. The number of phenolic OH excluding ortho intramolecular Hbond substituents is 1. The summed E-state index contributed by atoms with van der Waals surface area (Å²) >= 11 is 0. The number of Topliss-reactive ketones (excluding diaryl/α,β-unsaturated/α-hetero) is 2. The van der Waals surface area contributed by atoms with Crippen LogP contribution >= 0.6 is 0 Å². The van der Waals surface area contributed by atoms with Crippen molar-refractivity contribution in [1.82, 2.24) is 4.90 Å².